The summed E-state index contributed by atoms with van der Waals surface area (Å²) in [5, 5.41) is -0.117. The summed E-state index contributed by atoms with van der Waals surface area (Å²) in [5.41, 5.74) is 0.136. The van der Waals surface area contributed by atoms with Crippen molar-refractivity contribution < 1.29 is 48.7 Å². The normalized spacial score (nSPS) is 10.4. The molecule has 1 aromatic rings. The minimum Gasteiger partial charge on any atom is -1.00 e. The van der Waals surface area contributed by atoms with Gasteiger partial charge in [-0.2, -0.15) is 8.42 Å². The molecule has 0 saturated carbocycles. The molecule has 0 saturated heterocycles. The van der Waals surface area contributed by atoms with Crippen LogP contribution < -0.4 is 29.6 Å². The molecule has 0 aromatic heterocycles. The number of aldehydes is 1. The zero-order valence-corrected chi connectivity index (χ0v) is 10.8. The second-order valence-electron chi connectivity index (χ2n) is 2.28. The first kappa shape index (κ1) is 14.1. The molecule has 0 spiro atoms. The summed E-state index contributed by atoms with van der Waals surface area (Å²) in [6.45, 7) is 0. The molecule has 7 heteroatoms. The molecule has 0 aliphatic heterocycles. The van der Waals surface area contributed by atoms with Crippen LogP contribution in [-0.2, 0) is 10.1 Å². The molecule has 0 bridgehead atoms. The second kappa shape index (κ2) is 5.25. The Labute approximate surface area is 110 Å². The first-order chi connectivity index (χ1) is 5.95. The van der Waals surface area contributed by atoms with Crippen molar-refractivity contribution in [2.45, 2.75) is 4.90 Å². The Morgan fingerprint density at radius 3 is 2.43 bits per heavy atom. The van der Waals surface area contributed by atoms with Gasteiger partial charge in [0.05, 0.1) is 5.02 Å². The van der Waals surface area contributed by atoms with Crippen molar-refractivity contribution in [3.05, 3.63) is 28.8 Å². The maximum absolute atomic E-state index is 10.7. The average Bonchev–Trinajstić information content (AvgIpc) is 2.03. The Morgan fingerprint density at radius 1 is 1.43 bits per heavy atom. The number of carbonyl (C=O) groups excluding carboxylic acids is 1. The van der Waals surface area contributed by atoms with E-state index in [4.69, 9.17) is 16.2 Å². The molecular weight excluding hydrogens is 239 g/mol. The molecular formula is C7H6ClNaO4S. The van der Waals surface area contributed by atoms with E-state index < -0.39 is 15.0 Å². The number of benzene rings is 1. The van der Waals surface area contributed by atoms with Crippen LogP contribution in [0.1, 0.15) is 11.8 Å². The molecule has 0 atom stereocenters. The molecule has 1 aromatic carbocycles. The number of hydrogen-bond donors (Lipinski definition) is 1. The summed E-state index contributed by atoms with van der Waals surface area (Å²) < 4.78 is 30.0. The van der Waals surface area contributed by atoms with Gasteiger partial charge in [0.1, 0.15) is 11.2 Å². The molecule has 0 aliphatic rings. The fourth-order valence-electron chi connectivity index (χ4n) is 0.791. The maximum Gasteiger partial charge on any atom is 1.00 e. The third-order valence-electron chi connectivity index (χ3n) is 1.37. The summed E-state index contributed by atoms with van der Waals surface area (Å²) in [4.78, 5) is 9.82. The van der Waals surface area contributed by atoms with Crippen molar-refractivity contribution in [1.29, 1.82) is 0 Å². The van der Waals surface area contributed by atoms with Crippen LogP contribution in [0.2, 0.25) is 5.02 Å². The molecule has 0 unspecified atom stereocenters. The van der Waals surface area contributed by atoms with Gasteiger partial charge in [-0.1, -0.05) is 17.7 Å². The average molecular weight is 245 g/mol. The van der Waals surface area contributed by atoms with Gasteiger partial charge in [0, 0.05) is 5.56 Å². The number of hydrogen-bond acceptors (Lipinski definition) is 3. The third-order valence-corrected chi connectivity index (χ3v) is 2.70. The predicted octanol–water partition coefficient (Wildman–Crippen LogP) is -1.48. The zero-order valence-electron chi connectivity index (χ0n) is 8.27. The van der Waals surface area contributed by atoms with Crippen LogP contribution in [0.3, 0.4) is 0 Å². The van der Waals surface area contributed by atoms with E-state index >= 15 is 0 Å². The Bertz CT molecular complexity index is 448. The monoisotopic (exact) mass is 244 g/mol. The molecule has 1 rings (SSSR count). The largest absolute Gasteiger partial charge is 1.00 e. The number of rotatable bonds is 2. The van der Waals surface area contributed by atoms with Gasteiger partial charge >= 0.3 is 29.6 Å². The third kappa shape index (κ3) is 3.34. The summed E-state index contributed by atoms with van der Waals surface area (Å²) in [6.07, 6.45) is 0.463. The fraction of sp³-hybridized carbons (Fsp3) is 0. The van der Waals surface area contributed by atoms with Gasteiger partial charge in [-0.3, -0.25) is 9.35 Å². The van der Waals surface area contributed by atoms with Gasteiger partial charge in [-0.15, -0.1) is 0 Å². The van der Waals surface area contributed by atoms with E-state index in [1.807, 2.05) is 0 Å². The number of carbonyl (C=O) groups is 1. The van der Waals surface area contributed by atoms with Crippen molar-refractivity contribution in [1.82, 2.24) is 0 Å². The first-order valence-electron chi connectivity index (χ1n) is 3.17. The predicted molar refractivity (Wildman–Crippen MR) is 47.8 cm³/mol. The van der Waals surface area contributed by atoms with Crippen LogP contribution in [0, 0.1) is 0 Å². The van der Waals surface area contributed by atoms with Gasteiger partial charge in [0.15, 0.2) is 0 Å². The summed E-state index contributed by atoms with van der Waals surface area (Å²) in [6, 6.07) is 3.59. The topological polar surface area (TPSA) is 71.4 Å². The molecule has 0 fully saturated rings. The van der Waals surface area contributed by atoms with E-state index in [9.17, 15) is 13.2 Å². The minimum atomic E-state index is -4.36. The van der Waals surface area contributed by atoms with Crippen molar-refractivity contribution in [2.75, 3.05) is 0 Å². The van der Waals surface area contributed by atoms with Crippen molar-refractivity contribution in [2.24, 2.45) is 0 Å². The Morgan fingerprint density at radius 2 is 2.00 bits per heavy atom. The van der Waals surface area contributed by atoms with Gasteiger partial charge in [-0.25, -0.2) is 0 Å². The van der Waals surface area contributed by atoms with Crippen LogP contribution in [0.15, 0.2) is 23.1 Å². The van der Waals surface area contributed by atoms with E-state index in [2.05, 4.69) is 0 Å². The van der Waals surface area contributed by atoms with Gasteiger partial charge in [0.25, 0.3) is 10.1 Å². The second-order valence-corrected chi connectivity index (χ2v) is 4.08. The van der Waals surface area contributed by atoms with Crippen molar-refractivity contribution in [3.8, 4) is 0 Å². The van der Waals surface area contributed by atoms with E-state index in [1.165, 1.54) is 12.1 Å². The van der Waals surface area contributed by atoms with Gasteiger partial charge in [0.2, 0.25) is 0 Å². The molecule has 0 heterocycles. The molecule has 0 amide bonds. The summed E-state index contributed by atoms with van der Waals surface area (Å²) >= 11 is 5.48. The Kier molecular flexibility index (Phi) is 5.28. The maximum atomic E-state index is 10.7. The van der Waals surface area contributed by atoms with Crippen molar-refractivity contribution in [3.63, 3.8) is 0 Å². The van der Waals surface area contributed by atoms with Crippen LogP contribution in [0.4, 0.5) is 0 Å². The van der Waals surface area contributed by atoms with E-state index in [0.717, 1.165) is 6.07 Å². The first-order valence-corrected chi connectivity index (χ1v) is 4.99. The van der Waals surface area contributed by atoms with E-state index in [0.29, 0.717) is 6.29 Å². The van der Waals surface area contributed by atoms with E-state index in [1.54, 1.807) is 0 Å². The smallest absolute Gasteiger partial charge is 1.00 e. The van der Waals surface area contributed by atoms with Crippen molar-refractivity contribution >= 4 is 28.0 Å². The molecule has 0 radical (unpaired) electrons. The Balaban J connectivity index is 0. The van der Waals surface area contributed by atoms with Crippen LogP contribution in [-0.4, -0.2) is 19.3 Å². The molecule has 1 N–H and O–H groups in total. The van der Waals surface area contributed by atoms with Gasteiger partial charge in [-0.05, 0) is 12.1 Å². The van der Waals surface area contributed by atoms with Crippen LogP contribution >= 0.6 is 11.6 Å². The standard InChI is InChI=1S/C7H5ClO4S.Na.H/c8-6-2-1-5(4-9)3-7(6)13(10,11)12;;/h1-4H,(H,10,11,12);;/q;+1;-1. The molecule has 14 heavy (non-hydrogen) atoms. The zero-order chi connectivity index (χ0) is 10.1. The van der Waals surface area contributed by atoms with Crippen LogP contribution in [0.25, 0.3) is 0 Å². The molecule has 0 aliphatic carbocycles. The molecule has 72 valence electrons. The minimum absolute atomic E-state index is 0. The van der Waals surface area contributed by atoms with Crippen LogP contribution in [0.5, 0.6) is 0 Å². The van der Waals surface area contributed by atoms with Gasteiger partial charge < -0.3 is 1.43 Å². The SMILES string of the molecule is O=Cc1ccc(Cl)c(S(=O)(=O)O)c1.[H-].[Na+]. The quantitative estimate of drug-likeness (QED) is 0.391. The van der Waals surface area contributed by atoms with E-state index in [-0.39, 0.29) is 41.6 Å². The summed E-state index contributed by atoms with van der Waals surface area (Å²) in [5.74, 6) is 0. The number of halogens is 1. The summed E-state index contributed by atoms with van der Waals surface area (Å²) in [7, 11) is -4.36. The Hall–Kier alpha value is 0.0900. The molecule has 4 nitrogen and oxygen atoms in total. The fourth-order valence-corrected chi connectivity index (χ4v) is 1.80.